The van der Waals surface area contributed by atoms with Gasteiger partial charge in [0.05, 0.1) is 6.20 Å². The minimum absolute atomic E-state index is 0.0621. The van der Waals surface area contributed by atoms with Crippen LogP contribution in [0.15, 0.2) is 17.1 Å². The molecule has 1 heterocycles. The van der Waals surface area contributed by atoms with Crippen molar-refractivity contribution >= 4 is 5.82 Å². The zero-order valence-corrected chi connectivity index (χ0v) is 4.44. The van der Waals surface area contributed by atoms with E-state index in [1.165, 1.54) is 6.07 Å². The van der Waals surface area contributed by atoms with E-state index < -0.39 is 5.69 Å². The first-order valence-corrected chi connectivity index (χ1v) is 2.23. The molecule has 0 atom stereocenters. The number of nitrogens with two attached hydrogens (primary N) is 1. The molecular weight excluding hydrogens is 122 g/mol. The highest BCUT2D eigenvalue weighted by atomic mass is 16.5. The van der Waals surface area contributed by atoms with Gasteiger partial charge in [-0.3, -0.25) is 0 Å². The van der Waals surface area contributed by atoms with Gasteiger partial charge in [-0.2, -0.15) is 10.2 Å². The highest BCUT2D eigenvalue weighted by Crippen LogP contribution is 1.85. The Morgan fingerprint density at radius 2 is 2.33 bits per heavy atom. The van der Waals surface area contributed by atoms with Gasteiger partial charge in [-0.05, 0) is 0 Å². The highest BCUT2D eigenvalue weighted by molar-refractivity contribution is 5.22. The molecule has 0 amide bonds. The van der Waals surface area contributed by atoms with E-state index in [-0.39, 0.29) is 10.5 Å². The predicted molar refractivity (Wildman–Crippen MR) is 29.0 cm³/mol. The van der Waals surface area contributed by atoms with Crippen LogP contribution >= 0.6 is 0 Å². The number of nitrogen functional groups attached to an aromatic ring is 1. The Hall–Kier alpha value is -1.52. The van der Waals surface area contributed by atoms with Crippen LogP contribution in [-0.4, -0.2) is 9.71 Å². The molecule has 1 radical (unpaired) electrons. The number of nitrogens with zero attached hydrogens (tertiary/aromatic N) is 2. The first-order chi connectivity index (χ1) is 4.20. The summed E-state index contributed by atoms with van der Waals surface area (Å²) < 4.78 is 0.107. The molecule has 0 saturated carbocycles. The Bertz CT molecular complexity index is 267. The topological polar surface area (TPSA) is 80.8 Å². The second kappa shape index (κ2) is 1.77. The fourth-order valence-electron chi connectivity index (χ4n) is 0.405. The first-order valence-electron chi connectivity index (χ1n) is 2.23. The average molecular weight is 126 g/mol. The largest absolute Gasteiger partial charge is 0.386 e. The molecule has 0 saturated heterocycles. The zero-order valence-electron chi connectivity index (χ0n) is 4.44. The lowest BCUT2D eigenvalue weighted by atomic mass is 10.6. The van der Waals surface area contributed by atoms with Crippen molar-refractivity contribution in [1.29, 1.82) is 0 Å². The minimum atomic E-state index is -0.880. The minimum Gasteiger partial charge on any atom is -0.383 e. The second-order valence-corrected chi connectivity index (χ2v) is 1.46. The van der Waals surface area contributed by atoms with E-state index in [9.17, 15) is 10.0 Å². The summed E-state index contributed by atoms with van der Waals surface area (Å²) in [7, 11) is 0. The Labute approximate surface area is 50.3 Å². The Morgan fingerprint density at radius 3 is 2.78 bits per heavy atom. The van der Waals surface area contributed by atoms with Gasteiger partial charge in [0.2, 0.25) is 0 Å². The van der Waals surface area contributed by atoms with Gasteiger partial charge in [-0.15, -0.1) is 0 Å². The Balaban J connectivity index is 3.34. The smallest absolute Gasteiger partial charge is 0.383 e. The molecule has 2 N–H and O–H groups in total. The maximum atomic E-state index is 10.3. The zero-order chi connectivity index (χ0) is 6.85. The summed E-state index contributed by atoms with van der Waals surface area (Å²) in [5.41, 5.74) is 4.18. The van der Waals surface area contributed by atoms with Gasteiger partial charge in [-0.25, -0.2) is 4.79 Å². The van der Waals surface area contributed by atoms with Crippen LogP contribution in [0.5, 0.6) is 0 Å². The third-order valence-corrected chi connectivity index (χ3v) is 0.794. The summed E-state index contributed by atoms with van der Waals surface area (Å²) >= 11 is 0. The van der Waals surface area contributed by atoms with Crippen LogP contribution in [0.25, 0.3) is 0 Å². The summed E-state index contributed by atoms with van der Waals surface area (Å²) in [4.78, 5) is 13.4. The van der Waals surface area contributed by atoms with Crippen molar-refractivity contribution in [3.63, 3.8) is 0 Å². The molecule has 9 heavy (non-hydrogen) atoms. The number of hydrogen-bond donors (Lipinski definition) is 1. The molecule has 47 valence electrons. The Kier molecular flexibility index (Phi) is 1.11. The van der Waals surface area contributed by atoms with E-state index in [0.717, 1.165) is 6.20 Å². The molecule has 5 heteroatoms. The van der Waals surface area contributed by atoms with Crippen molar-refractivity contribution in [2.24, 2.45) is 0 Å². The number of hydrogen-bond acceptors (Lipinski definition) is 3. The van der Waals surface area contributed by atoms with E-state index in [2.05, 4.69) is 4.98 Å². The van der Waals surface area contributed by atoms with Gasteiger partial charge >= 0.3 is 5.69 Å². The standard InChI is InChI=1S/C4H4N3O2/c5-3-1-2-7(9)4(8)6-3/h1-2H,(H2,5,6,8). The molecule has 1 aromatic rings. The summed E-state index contributed by atoms with van der Waals surface area (Å²) in [6, 6.07) is 1.26. The summed E-state index contributed by atoms with van der Waals surface area (Å²) in [5, 5.41) is 10.3. The average Bonchev–Trinajstić information content (AvgIpc) is 1.80. The van der Waals surface area contributed by atoms with E-state index in [1.54, 1.807) is 0 Å². The first kappa shape index (κ1) is 5.61. The summed E-state index contributed by atoms with van der Waals surface area (Å²) in [6.07, 6.45) is 1.02. The second-order valence-electron chi connectivity index (χ2n) is 1.46. The molecule has 0 aromatic carbocycles. The maximum Gasteiger partial charge on any atom is 0.386 e. The van der Waals surface area contributed by atoms with Crippen LogP contribution in [0.4, 0.5) is 5.82 Å². The molecular formula is C4H4N3O2. The van der Waals surface area contributed by atoms with Crippen molar-refractivity contribution in [3.05, 3.63) is 22.7 Å². The third-order valence-electron chi connectivity index (χ3n) is 0.794. The lowest BCUT2D eigenvalue weighted by Crippen LogP contribution is -2.19. The third kappa shape index (κ3) is 0.987. The van der Waals surface area contributed by atoms with E-state index >= 15 is 0 Å². The van der Waals surface area contributed by atoms with Crippen molar-refractivity contribution in [1.82, 2.24) is 9.71 Å². The molecule has 5 nitrogen and oxygen atoms in total. The molecule has 0 aliphatic rings. The summed E-state index contributed by atoms with van der Waals surface area (Å²) in [5.74, 6) is 0.0621. The quantitative estimate of drug-likeness (QED) is 0.485. The molecule has 0 unspecified atom stereocenters. The van der Waals surface area contributed by atoms with E-state index in [0.29, 0.717) is 0 Å². The lowest BCUT2D eigenvalue weighted by Gasteiger charge is -1.88. The monoisotopic (exact) mass is 126 g/mol. The van der Waals surface area contributed by atoms with Gasteiger partial charge in [0.15, 0.2) is 0 Å². The molecule has 1 rings (SSSR count). The molecule has 0 aliphatic carbocycles. The van der Waals surface area contributed by atoms with E-state index in [4.69, 9.17) is 5.73 Å². The van der Waals surface area contributed by atoms with Crippen LogP contribution in [0.3, 0.4) is 0 Å². The van der Waals surface area contributed by atoms with Gasteiger partial charge in [-0.1, -0.05) is 4.73 Å². The molecule has 0 fully saturated rings. The van der Waals surface area contributed by atoms with Crippen molar-refractivity contribution in [3.8, 4) is 0 Å². The molecule has 1 aromatic heterocycles. The van der Waals surface area contributed by atoms with E-state index in [1.807, 2.05) is 0 Å². The van der Waals surface area contributed by atoms with Crippen LogP contribution in [-0.2, 0) is 5.21 Å². The van der Waals surface area contributed by atoms with Crippen LogP contribution in [0.2, 0.25) is 0 Å². The van der Waals surface area contributed by atoms with Crippen molar-refractivity contribution in [2.45, 2.75) is 0 Å². The molecule has 0 bridgehead atoms. The van der Waals surface area contributed by atoms with Gasteiger partial charge < -0.3 is 5.73 Å². The van der Waals surface area contributed by atoms with Gasteiger partial charge in [0.25, 0.3) is 0 Å². The summed E-state index contributed by atoms with van der Waals surface area (Å²) in [6.45, 7) is 0. The highest BCUT2D eigenvalue weighted by Gasteiger charge is 1.92. The lowest BCUT2D eigenvalue weighted by molar-refractivity contribution is 0.0777. The number of rotatable bonds is 0. The normalized spacial score (nSPS) is 9.33. The van der Waals surface area contributed by atoms with Crippen molar-refractivity contribution < 1.29 is 5.21 Å². The van der Waals surface area contributed by atoms with Gasteiger partial charge in [0.1, 0.15) is 5.82 Å². The molecule has 0 spiro atoms. The van der Waals surface area contributed by atoms with Gasteiger partial charge in [0, 0.05) is 6.07 Å². The maximum absolute atomic E-state index is 10.3. The van der Waals surface area contributed by atoms with Crippen LogP contribution < -0.4 is 11.4 Å². The Morgan fingerprint density at radius 1 is 1.67 bits per heavy atom. The SMILES string of the molecule is Nc1ccn([O])c(=O)n1. The number of anilines is 1. The van der Waals surface area contributed by atoms with Crippen LogP contribution in [0.1, 0.15) is 0 Å². The fraction of sp³-hybridized carbons (Fsp3) is 0. The fourth-order valence-corrected chi connectivity index (χ4v) is 0.405. The predicted octanol–water partition coefficient (Wildman–Crippen LogP) is -0.981. The number of aromatic nitrogens is 2. The van der Waals surface area contributed by atoms with Crippen molar-refractivity contribution in [2.75, 3.05) is 5.73 Å². The molecule has 0 aliphatic heterocycles. The van der Waals surface area contributed by atoms with Crippen LogP contribution in [0, 0.1) is 0 Å².